The number of hydrogen-bond donors (Lipinski definition) is 1. The molecule has 26 heavy (non-hydrogen) atoms. The van der Waals surface area contributed by atoms with E-state index in [9.17, 15) is 4.79 Å². The number of aryl methyl sites for hydroxylation is 1. The quantitative estimate of drug-likeness (QED) is 0.667. The molecule has 3 rings (SSSR count). The second kappa shape index (κ2) is 8.76. The van der Waals surface area contributed by atoms with Gasteiger partial charge in [0, 0.05) is 31.2 Å². The van der Waals surface area contributed by atoms with Crippen molar-refractivity contribution in [3.05, 3.63) is 90.2 Å². The number of rotatable bonds is 7. The van der Waals surface area contributed by atoms with E-state index in [2.05, 4.69) is 27.4 Å². The fourth-order valence-corrected chi connectivity index (χ4v) is 2.59. The van der Waals surface area contributed by atoms with E-state index in [1.807, 2.05) is 48.0 Å². The number of hydrogen-bond acceptors (Lipinski definition) is 3. The number of pyridine rings is 1. The SMILES string of the molecule is CC(=CC(=O)NCc1ccc(-n2ccnc2)nc1)CCc1ccccc1. The van der Waals surface area contributed by atoms with Gasteiger partial charge in [-0.3, -0.25) is 9.36 Å². The summed E-state index contributed by atoms with van der Waals surface area (Å²) in [6.45, 7) is 2.45. The van der Waals surface area contributed by atoms with Gasteiger partial charge in [0.2, 0.25) is 5.91 Å². The van der Waals surface area contributed by atoms with E-state index in [0.717, 1.165) is 29.8 Å². The van der Waals surface area contributed by atoms with Crippen molar-refractivity contribution in [2.75, 3.05) is 0 Å². The van der Waals surface area contributed by atoms with E-state index in [0.29, 0.717) is 6.54 Å². The van der Waals surface area contributed by atoms with E-state index < -0.39 is 0 Å². The fourth-order valence-electron chi connectivity index (χ4n) is 2.59. The summed E-state index contributed by atoms with van der Waals surface area (Å²) in [5.41, 5.74) is 3.31. The normalized spacial score (nSPS) is 11.3. The van der Waals surface area contributed by atoms with Crippen LogP contribution in [-0.2, 0) is 17.8 Å². The van der Waals surface area contributed by atoms with Gasteiger partial charge < -0.3 is 5.32 Å². The fraction of sp³-hybridized carbons (Fsp3) is 0.190. The zero-order valence-electron chi connectivity index (χ0n) is 14.8. The van der Waals surface area contributed by atoms with Crippen molar-refractivity contribution in [2.24, 2.45) is 0 Å². The van der Waals surface area contributed by atoms with Crippen LogP contribution >= 0.6 is 0 Å². The maximum atomic E-state index is 12.1. The van der Waals surface area contributed by atoms with Gasteiger partial charge in [-0.2, -0.15) is 0 Å². The van der Waals surface area contributed by atoms with Crippen molar-refractivity contribution < 1.29 is 4.79 Å². The molecule has 0 radical (unpaired) electrons. The molecule has 0 aliphatic carbocycles. The summed E-state index contributed by atoms with van der Waals surface area (Å²) in [7, 11) is 0. The van der Waals surface area contributed by atoms with Gasteiger partial charge in [0.1, 0.15) is 12.1 Å². The van der Waals surface area contributed by atoms with E-state index in [4.69, 9.17) is 0 Å². The number of aromatic nitrogens is 3. The van der Waals surface area contributed by atoms with Crippen molar-refractivity contribution >= 4 is 5.91 Å². The lowest BCUT2D eigenvalue weighted by atomic mass is 10.1. The molecule has 1 N–H and O–H groups in total. The third-order valence-electron chi connectivity index (χ3n) is 4.07. The Morgan fingerprint density at radius 1 is 1.15 bits per heavy atom. The molecule has 0 unspecified atom stereocenters. The van der Waals surface area contributed by atoms with Crippen molar-refractivity contribution in [2.45, 2.75) is 26.3 Å². The van der Waals surface area contributed by atoms with Gasteiger partial charge in [-0.25, -0.2) is 9.97 Å². The second-order valence-corrected chi connectivity index (χ2v) is 6.19. The highest BCUT2D eigenvalue weighted by Crippen LogP contribution is 2.09. The number of carbonyl (C=O) groups excluding carboxylic acids is 1. The van der Waals surface area contributed by atoms with E-state index in [1.54, 1.807) is 24.8 Å². The molecule has 0 aliphatic heterocycles. The maximum absolute atomic E-state index is 12.1. The molecule has 2 heterocycles. The van der Waals surface area contributed by atoms with Crippen LogP contribution in [0.2, 0.25) is 0 Å². The number of nitrogens with one attached hydrogen (secondary N) is 1. The number of imidazole rings is 1. The van der Waals surface area contributed by atoms with Crippen LogP contribution in [0, 0.1) is 0 Å². The zero-order chi connectivity index (χ0) is 18.2. The minimum atomic E-state index is -0.0748. The van der Waals surface area contributed by atoms with Crippen LogP contribution in [0.4, 0.5) is 0 Å². The lowest BCUT2D eigenvalue weighted by molar-refractivity contribution is -0.116. The van der Waals surface area contributed by atoms with Crippen LogP contribution in [0.3, 0.4) is 0 Å². The molecular formula is C21H22N4O. The maximum Gasteiger partial charge on any atom is 0.244 e. The first kappa shape index (κ1) is 17.6. The molecule has 3 aromatic rings. The molecule has 0 fully saturated rings. The minimum Gasteiger partial charge on any atom is -0.348 e. The number of nitrogens with zero attached hydrogens (tertiary/aromatic N) is 3. The van der Waals surface area contributed by atoms with Crippen LogP contribution in [-0.4, -0.2) is 20.4 Å². The van der Waals surface area contributed by atoms with Gasteiger partial charge in [0.25, 0.3) is 0 Å². The average molecular weight is 346 g/mol. The Balaban J connectivity index is 1.47. The molecule has 2 aromatic heterocycles. The largest absolute Gasteiger partial charge is 0.348 e. The molecule has 5 nitrogen and oxygen atoms in total. The van der Waals surface area contributed by atoms with Crippen LogP contribution < -0.4 is 5.32 Å². The highest BCUT2D eigenvalue weighted by Gasteiger charge is 2.02. The molecule has 0 bridgehead atoms. The molecule has 1 aromatic carbocycles. The van der Waals surface area contributed by atoms with Gasteiger partial charge in [-0.15, -0.1) is 0 Å². The number of carbonyl (C=O) groups is 1. The molecule has 0 saturated carbocycles. The van der Waals surface area contributed by atoms with Crippen molar-refractivity contribution in [1.82, 2.24) is 19.9 Å². The van der Waals surface area contributed by atoms with Crippen LogP contribution in [0.1, 0.15) is 24.5 Å². The monoisotopic (exact) mass is 346 g/mol. The standard InChI is InChI=1S/C21H22N4O/c1-17(7-8-18-5-3-2-4-6-18)13-21(26)24-15-19-9-10-20(23-14-19)25-12-11-22-16-25/h2-6,9-14,16H,7-8,15H2,1H3,(H,24,26). The molecule has 5 heteroatoms. The zero-order valence-corrected chi connectivity index (χ0v) is 14.8. The van der Waals surface area contributed by atoms with Gasteiger partial charge in [0.15, 0.2) is 0 Å². The molecule has 0 saturated heterocycles. The first-order valence-corrected chi connectivity index (χ1v) is 8.63. The summed E-state index contributed by atoms with van der Waals surface area (Å²) < 4.78 is 1.83. The average Bonchev–Trinajstić information content (AvgIpc) is 3.21. The Kier molecular flexibility index (Phi) is 5.93. The molecular weight excluding hydrogens is 324 g/mol. The van der Waals surface area contributed by atoms with Crippen LogP contribution in [0.5, 0.6) is 0 Å². The Hall–Kier alpha value is -3.21. The second-order valence-electron chi connectivity index (χ2n) is 6.19. The molecule has 0 spiro atoms. The molecule has 132 valence electrons. The predicted molar refractivity (Wildman–Crippen MR) is 102 cm³/mol. The van der Waals surface area contributed by atoms with Crippen molar-refractivity contribution in [1.29, 1.82) is 0 Å². The summed E-state index contributed by atoms with van der Waals surface area (Å²) in [6, 6.07) is 14.2. The van der Waals surface area contributed by atoms with Crippen LogP contribution in [0.25, 0.3) is 5.82 Å². The third kappa shape index (κ3) is 5.14. The predicted octanol–water partition coefficient (Wildman–Crippen LogP) is 3.46. The Morgan fingerprint density at radius 2 is 2.00 bits per heavy atom. The summed E-state index contributed by atoms with van der Waals surface area (Å²) >= 11 is 0. The van der Waals surface area contributed by atoms with Crippen molar-refractivity contribution in [3.8, 4) is 5.82 Å². The summed E-state index contributed by atoms with van der Waals surface area (Å²) in [6.07, 6.45) is 10.5. The highest BCUT2D eigenvalue weighted by molar-refractivity contribution is 5.88. The topological polar surface area (TPSA) is 59.8 Å². The Labute approximate surface area is 153 Å². The summed E-state index contributed by atoms with van der Waals surface area (Å²) in [5, 5.41) is 2.91. The van der Waals surface area contributed by atoms with Gasteiger partial charge in [-0.1, -0.05) is 42.0 Å². The lowest BCUT2D eigenvalue weighted by Crippen LogP contribution is -2.20. The Morgan fingerprint density at radius 3 is 2.69 bits per heavy atom. The number of benzene rings is 1. The van der Waals surface area contributed by atoms with Gasteiger partial charge in [-0.05, 0) is 37.0 Å². The number of allylic oxidation sites excluding steroid dienone is 1. The smallest absolute Gasteiger partial charge is 0.244 e. The van der Waals surface area contributed by atoms with Crippen molar-refractivity contribution in [3.63, 3.8) is 0 Å². The first-order chi connectivity index (χ1) is 12.7. The Bertz CT molecular complexity index is 853. The minimum absolute atomic E-state index is 0.0748. The van der Waals surface area contributed by atoms with E-state index >= 15 is 0 Å². The van der Waals surface area contributed by atoms with Gasteiger partial charge >= 0.3 is 0 Å². The summed E-state index contributed by atoms with van der Waals surface area (Å²) in [4.78, 5) is 20.5. The summed E-state index contributed by atoms with van der Waals surface area (Å²) in [5.74, 6) is 0.725. The van der Waals surface area contributed by atoms with E-state index in [-0.39, 0.29) is 5.91 Å². The van der Waals surface area contributed by atoms with Crippen LogP contribution in [0.15, 0.2) is 79.0 Å². The highest BCUT2D eigenvalue weighted by atomic mass is 16.1. The lowest BCUT2D eigenvalue weighted by Gasteiger charge is -2.06. The van der Waals surface area contributed by atoms with E-state index in [1.165, 1.54) is 5.56 Å². The molecule has 0 atom stereocenters. The third-order valence-corrected chi connectivity index (χ3v) is 4.07. The molecule has 1 amide bonds. The van der Waals surface area contributed by atoms with Gasteiger partial charge in [0.05, 0.1) is 0 Å². The first-order valence-electron chi connectivity index (χ1n) is 8.63. The number of amides is 1. The molecule has 0 aliphatic rings.